The van der Waals surface area contributed by atoms with Crippen LogP contribution in [0.1, 0.15) is 21.5 Å². The zero-order chi connectivity index (χ0) is 14.7. The van der Waals surface area contributed by atoms with Crippen molar-refractivity contribution in [1.29, 1.82) is 5.26 Å². The number of carbonyl (C=O) groups excluding carboxylic acids is 1. The zero-order valence-electron chi connectivity index (χ0n) is 10.6. The molecule has 0 aromatic heterocycles. The number of anilines is 1. The van der Waals surface area contributed by atoms with E-state index in [0.717, 1.165) is 16.1 Å². The molecule has 2 aromatic rings. The van der Waals surface area contributed by atoms with E-state index in [2.05, 4.69) is 21.2 Å². The average molecular weight is 333 g/mol. The number of hydrogen-bond acceptors (Lipinski definition) is 2. The molecule has 0 spiro atoms. The Hall–Kier alpha value is -2.19. The highest BCUT2D eigenvalue weighted by molar-refractivity contribution is 9.10. The van der Waals surface area contributed by atoms with Crippen LogP contribution in [0, 0.1) is 24.1 Å². The third kappa shape index (κ3) is 3.03. The number of hydrogen-bond donors (Lipinski definition) is 1. The maximum atomic E-state index is 13.2. The molecule has 0 heterocycles. The molecule has 100 valence electrons. The largest absolute Gasteiger partial charge is 0.322 e. The van der Waals surface area contributed by atoms with Gasteiger partial charge in [0.15, 0.2) is 0 Å². The van der Waals surface area contributed by atoms with Gasteiger partial charge in [-0.05, 0) is 42.8 Å². The molecule has 0 bridgehead atoms. The molecule has 0 aliphatic rings. The number of carbonyl (C=O) groups is 1. The molecule has 0 radical (unpaired) electrons. The lowest BCUT2D eigenvalue weighted by Gasteiger charge is -2.08. The Balaban J connectivity index is 2.28. The van der Waals surface area contributed by atoms with E-state index in [1.165, 1.54) is 12.1 Å². The molecule has 0 unspecified atom stereocenters. The van der Waals surface area contributed by atoms with Gasteiger partial charge in [-0.1, -0.05) is 22.0 Å². The zero-order valence-corrected chi connectivity index (χ0v) is 12.2. The van der Waals surface area contributed by atoms with Crippen LogP contribution in [0.3, 0.4) is 0 Å². The van der Waals surface area contributed by atoms with Crippen molar-refractivity contribution >= 4 is 27.5 Å². The molecular formula is C15H10BrFN2O. The number of rotatable bonds is 2. The Morgan fingerprint density at radius 3 is 2.75 bits per heavy atom. The number of nitrogens with one attached hydrogen (secondary N) is 1. The van der Waals surface area contributed by atoms with Crippen LogP contribution >= 0.6 is 15.9 Å². The molecule has 0 aliphatic heterocycles. The second kappa shape index (κ2) is 5.85. The van der Waals surface area contributed by atoms with Crippen molar-refractivity contribution in [3.8, 4) is 6.07 Å². The van der Waals surface area contributed by atoms with E-state index in [-0.39, 0.29) is 11.5 Å². The quantitative estimate of drug-likeness (QED) is 0.902. The summed E-state index contributed by atoms with van der Waals surface area (Å²) in [4.78, 5) is 12.2. The van der Waals surface area contributed by atoms with Crippen LogP contribution in [0.4, 0.5) is 10.1 Å². The van der Waals surface area contributed by atoms with Gasteiger partial charge in [0.05, 0.1) is 5.56 Å². The van der Waals surface area contributed by atoms with Crippen LogP contribution in [0.5, 0.6) is 0 Å². The summed E-state index contributed by atoms with van der Waals surface area (Å²) in [5.74, 6) is -0.913. The van der Waals surface area contributed by atoms with Gasteiger partial charge in [-0.25, -0.2) is 4.39 Å². The summed E-state index contributed by atoms with van der Waals surface area (Å²) in [6.07, 6.45) is 0. The van der Waals surface area contributed by atoms with Crippen molar-refractivity contribution in [2.24, 2.45) is 0 Å². The molecule has 0 fully saturated rings. The number of amides is 1. The lowest BCUT2D eigenvalue weighted by atomic mass is 10.1. The predicted molar refractivity (Wildman–Crippen MR) is 77.9 cm³/mol. The van der Waals surface area contributed by atoms with Gasteiger partial charge in [0.25, 0.3) is 5.91 Å². The minimum absolute atomic E-state index is 0.103. The number of aryl methyl sites for hydroxylation is 1. The molecule has 0 saturated heterocycles. The third-order valence-electron chi connectivity index (χ3n) is 2.79. The SMILES string of the molecule is Cc1ccc(Br)cc1C(=O)Nc1ccc(F)c(C#N)c1. The van der Waals surface area contributed by atoms with Crippen LogP contribution < -0.4 is 5.32 Å². The van der Waals surface area contributed by atoms with Gasteiger partial charge in [0.1, 0.15) is 11.9 Å². The highest BCUT2D eigenvalue weighted by Crippen LogP contribution is 2.19. The Bertz CT molecular complexity index is 722. The average Bonchev–Trinajstić information content (AvgIpc) is 2.43. The maximum Gasteiger partial charge on any atom is 0.255 e. The summed E-state index contributed by atoms with van der Waals surface area (Å²) in [7, 11) is 0. The van der Waals surface area contributed by atoms with E-state index in [9.17, 15) is 9.18 Å². The first-order valence-electron chi connectivity index (χ1n) is 5.78. The second-order valence-electron chi connectivity index (χ2n) is 4.22. The van der Waals surface area contributed by atoms with E-state index in [1.807, 2.05) is 19.1 Å². The van der Waals surface area contributed by atoms with Gasteiger partial charge in [0, 0.05) is 15.7 Å². The van der Waals surface area contributed by atoms with Crippen molar-refractivity contribution < 1.29 is 9.18 Å². The fourth-order valence-corrected chi connectivity index (χ4v) is 2.09. The van der Waals surface area contributed by atoms with E-state index in [4.69, 9.17) is 5.26 Å². The van der Waals surface area contributed by atoms with Gasteiger partial charge >= 0.3 is 0 Å². The topological polar surface area (TPSA) is 52.9 Å². The summed E-state index contributed by atoms with van der Waals surface area (Å²) in [5.41, 5.74) is 1.62. The molecule has 1 N–H and O–H groups in total. The molecule has 2 rings (SSSR count). The van der Waals surface area contributed by atoms with Crippen molar-refractivity contribution in [3.63, 3.8) is 0 Å². The number of halogens is 2. The van der Waals surface area contributed by atoms with E-state index in [0.29, 0.717) is 11.3 Å². The minimum atomic E-state index is -0.607. The van der Waals surface area contributed by atoms with E-state index >= 15 is 0 Å². The fraction of sp³-hybridized carbons (Fsp3) is 0.0667. The number of nitriles is 1. The summed E-state index contributed by atoms with van der Waals surface area (Å²) < 4.78 is 14.0. The van der Waals surface area contributed by atoms with Gasteiger partial charge in [-0.2, -0.15) is 5.26 Å². The van der Waals surface area contributed by atoms with Crippen molar-refractivity contribution in [2.75, 3.05) is 5.32 Å². The summed E-state index contributed by atoms with van der Waals surface area (Å²) >= 11 is 3.31. The highest BCUT2D eigenvalue weighted by atomic mass is 79.9. The number of nitrogens with zero attached hydrogens (tertiary/aromatic N) is 1. The van der Waals surface area contributed by atoms with Crippen molar-refractivity contribution in [1.82, 2.24) is 0 Å². The lowest BCUT2D eigenvalue weighted by molar-refractivity contribution is 0.102. The molecule has 0 atom stereocenters. The molecule has 5 heteroatoms. The smallest absolute Gasteiger partial charge is 0.255 e. The molecule has 1 amide bonds. The van der Waals surface area contributed by atoms with Crippen LogP contribution in [0.25, 0.3) is 0 Å². The first-order chi connectivity index (χ1) is 9.51. The van der Waals surface area contributed by atoms with Crippen LogP contribution in [-0.2, 0) is 0 Å². The molecular weight excluding hydrogens is 323 g/mol. The monoisotopic (exact) mass is 332 g/mol. The third-order valence-corrected chi connectivity index (χ3v) is 3.28. The normalized spacial score (nSPS) is 9.90. The van der Waals surface area contributed by atoms with Gasteiger partial charge < -0.3 is 5.32 Å². The van der Waals surface area contributed by atoms with E-state index < -0.39 is 5.82 Å². The van der Waals surface area contributed by atoms with Crippen LogP contribution in [0.15, 0.2) is 40.9 Å². The van der Waals surface area contributed by atoms with Crippen LogP contribution in [-0.4, -0.2) is 5.91 Å². The first-order valence-corrected chi connectivity index (χ1v) is 6.57. The van der Waals surface area contributed by atoms with Crippen molar-refractivity contribution in [3.05, 3.63) is 63.4 Å². The maximum absolute atomic E-state index is 13.2. The Kier molecular flexibility index (Phi) is 4.16. The van der Waals surface area contributed by atoms with Gasteiger partial charge in [-0.15, -0.1) is 0 Å². The van der Waals surface area contributed by atoms with Crippen molar-refractivity contribution in [2.45, 2.75) is 6.92 Å². The highest BCUT2D eigenvalue weighted by Gasteiger charge is 2.11. The standard InChI is InChI=1S/C15H10BrFN2O/c1-9-2-3-11(16)7-13(9)15(20)19-12-4-5-14(17)10(6-12)8-18/h2-7H,1H3,(H,19,20). The molecule has 3 nitrogen and oxygen atoms in total. The second-order valence-corrected chi connectivity index (χ2v) is 5.14. The lowest BCUT2D eigenvalue weighted by Crippen LogP contribution is -2.13. The molecule has 0 aliphatic carbocycles. The Labute approximate surface area is 124 Å². The van der Waals surface area contributed by atoms with Gasteiger partial charge in [-0.3, -0.25) is 4.79 Å². The van der Waals surface area contributed by atoms with E-state index in [1.54, 1.807) is 12.1 Å². The fourth-order valence-electron chi connectivity index (χ4n) is 1.73. The predicted octanol–water partition coefficient (Wildman–Crippen LogP) is 4.02. The number of benzene rings is 2. The van der Waals surface area contributed by atoms with Gasteiger partial charge in [0.2, 0.25) is 0 Å². The molecule has 20 heavy (non-hydrogen) atoms. The summed E-state index contributed by atoms with van der Waals surface area (Å²) in [6, 6.07) is 11.0. The summed E-state index contributed by atoms with van der Waals surface area (Å²) in [6.45, 7) is 1.83. The summed E-state index contributed by atoms with van der Waals surface area (Å²) in [5, 5.41) is 11.4. The molecule has 0 saturated carbocycles. The Morgan fingerprint density at radius 2 is 2.05 bits per heavy atom. The first kappa shape index (κ1) is 14.2. The Morgan fingerprint density at radius 1 is 1.30 bits per heavy atom. The molecule has 2 aromatic carbocycles. The minimum Gasteiger partial charge on any atom is -0.322 e. The van der Waals surface area contributed by atoms with Crippen LogP contribution in [0.2, 0.25) is 0 Å².